The third kappa shape index (κ3) is 2.20. The van der Waals surface area contributed by atoms with Gasteiger partial charge in [-0.1, -0.05) is 0 Å². The fourth-order valence-electron chi connectivity index (χ4n) is 1.84. The molecule has 0 unspecified atom stereocenters. The molecule has 0 aromatic heterocycles. The predicted molar refractivity (Wildman–Crippen MR) is 48.6 cm³/mol. The van der Waals surface area contributed by atoms with E-state index >= 15 is 0 Å². The molecule has 1 aliphatic heterocycles. The Kier molecular flexibility index (Phi) is 2.20. The Morgan fingerprint density at radius 2 is 2.38 bits per heavy atom. The summed E-state index contributed by atoms with van der Waals surface area (Å²) in [5, 5.41) is 10.3. The van der Waals surface area contributed by atoms with Crippen LogP contribution in [0.15, 0.2) is 11.9 Å². The lowest BCUT2D eigenvalue weighted by atomic mass is 10.3. The maximum absolute atomic E-state index is 10.3. The van der Waals surface area contributed by atoms with E-state index in [0.29, 0.717) is 0 Å². The molecule has 0 aromatic carbocycles. The summed E-state index contributed by atoms with van der Waals surface area (Å²) in [6, 6.07) is 0. The molecular weight excluding hydrogens is 168 g/mol. The van der Waals surface area contributed by atoms with Crippen LogP contribution in [0.3, 0.4) is 0 Å². The van der Waals surface area contributed by atoms with Crippen molar-refractivity contribution in [3.05, 3.63) is 22.0 Å². The first kappa shape index (κ1) is 8.53. The minimum atomic E-state index is -0.333. The van der Waals surface area contributed by atoms with Gasteiger partial charge in [0.15, 0.2) is 0 Å². The van der Waals surface area contributed by atoms with Crippen LogP contribution in [0.25, 0.3) is 0 Å². The summed E-state index contributed by atoms with van der Waals surface area (Å²) >= 11 is 0. The van der Waals surface area contributed by atoms with Gasteiger partial charge in [-0.2, -0.15) is 0 Å². The summed E-state index contributed by atoms with van der Waals surface area (Å²) in [5.41, 5.74) is 0.928. The first-order chi connectivity index (χ1) is 6.25. The van der Waals surface area contributed by atoms with Gasteiger partial charge in [-0.15, -0.1) is 0 Å². The first-order valence-electron chi connectivity index (χ1n) is 4.85. The zero-order chi connectivity index (χ0) is 9.26. The van der Waals surface area contributed by atoms with E-state index in [9.17, 15) is 10.1 Å². The van der Waals surface area contributed by atoms with E-state index < -0.39 is 0 Å². The van der Waals surface area contributed by atoms with Crippen molar-refractivity contribution < 1.29 is 4.92 Å². The molecule has 1 heterocycles. The lowest BCUT2D eigenvalue weighted by molar-refractivity contribution is -0.404. The molecule has 0 spiro atoms. The highest BCUT2D eigenvalue weighted by molar-refractivity contribution is 5.03. The van der Waals surface area contributed by atoms with E-state index in [-0.39, 0.29) is 4.92 Å². The second-order valence-corrected chi connectivity index (χ2v) is 3.90. The molecule has 1 aliphatic carbocycles. The predicted octanol–water partition coefficient (Wildman–Crippen LogP) is 1.61. The van der Waals surface area contributed by atoms with Gasteiger partial charge in [-0.25, -0.2) is 0 Å². The van der Waals surface area contributed by atoms with Gasteiger partial charge in [-0.3, -0.25) is 10.1 Å². The summed E-state index contributed by atoms with van der Waals surface area (Å²) in [5.74, 6) is 0.813. The summed E-state index contributed by atoms with van der Waals surface area (Å²) in [7, 11) is 0. The van der Waals surface area contributed by atoms with Gasteiger partial charge in [0.25, 0.3) is 6.20 Å². The van der Waals surface area contributed by atoms with Crippen LogP contribution in [0.4, 0.5) is 0 Å². The Bertz CT molecular complexity index is 246. The molecule has 13 heavy (non-hydrogen) atoms. The summed E-state index contributed by atoms with van der Waals surface area (Å²) in [6.07, 6.45) is 5.75. The third-order valence-electron chi connectivity index (χ3n) is 2.70. The maximum atomic E-state index is 10.3. The SMILES string of the molecule is O=[N+]([O-])/C=C1/CCCN1CC1CC1. The summed E-state index contributed by atoms with van der Waals surface area (Å²) < 4.78 is 0. The van der Waals surface area contributed by atoms with Crippen molar-refractivity contribution in [2.75, 3.05) is 13.1 Å². The largest absolute Gasteiger partial charge is 0.370 e. The van der Waals surface area contributed by atoms with Crippen molar-refractivity contribution in [1.29, 1.82) is 0 Å². The number of hydrogen-bond donors (Lipinski definition) is 0. The minimum Gasteiger partial charge on any atom is -0.370 e. The molecule has 0 aromatic rings. The van der Waals surface area contributed by atoms with Crippen LogP contribution in [0.5, 0.6) is 0 Å². The van der Waals surface area contributed by atoms with E-state index in [1.165, 1.54) is 19.0 Å². The maximum Gasteiger partial charge on any atom is 0.253 e. The van der Waals surface area contributed by atoms with Crippen LogP contribution in [-0.4, -0.2) is 22.9 Å². The van der Waals surface area contributed by atoms with E-state index in [1.807, 2.05) is 0 Å². The fraction of sp³-hybridized carbons (Fsp3) is 0.778. The molecule has 0 radical (unpaired) electrons. The third-order valence-corrected chi connectivity index (χ3v) is 2.70. The number of hydrogen-bond acceptors (Lipinski definition) is 3. The second kappa shape index (κ2) is 3.36. The first-order valence-corrected chi connectivity index (χ1v) is 4.85. The highest BCUT2D eigenvalue weighted by Gasteiger charge is 2.28. The van der Waals surface area contributed by atoms with Crippen LogP contribution in [0.1, 0.15) is 25.7 Å². The quantitative estimate of drug-likeness (QED) is 0.492. The van der Waals surface area contributed by atoms with Crippen LogP contribution in [-0.2, 0) is 0 Å². The van der Waals surface area contributed by atoms with Crippen molar-refractivity contribution in [1.82, 2.24) is 4.90 Å². The van der Waals surface area contributed by atoms with Crippen LogP contribution >= 0.6 is 0 Å². The lowest BCUT2D eigenvalue weighted by Gasteiger charge is -2.17. The Hall–Kier alpha value is -1.06. The number of likely N-dealkylation sites (tertiary alicyclic amines) is 1. The van der Waals surface area contributed by atoms with Crippen molar-refractivity contribution in [3.63, 3.8) is 0 Å². The second-order valence-electron chi connectivity index (χ2n) is 3.90. The molecule has 0 amide bonds. The molecule has 72 valence electrons. The smallest absolute Gasteiger partial charge is 0.253 e. The number of nitro groups is 1. The fourth-order valence-corrected chi connectivity index (χ4v) is 1.84. The van der Waals surface area contributed by atoms with Crippen LogP contribution in [0.2, 0.25) is 0 Å². The highest BCUT2D eigenvalue weighted by Crippen LogP contribution is 2.33. The van der Waals surface area contributed by atoms with Crippen molar-refractivity contribution in [3.8, 4) is 0 Å². The molecule has 0 atom stereocenters. The normalized spacial score (nSPS) is 25.5. The molecule has 1 saturated carbocycles. The molecule has 4 nitrogen and oxygen atoms in total. The molecule has 1 saturated heterocycles. The van der Waals surface area contributed by atoms with Crippen molar-refractivity contribution >= 4 is 0 Å². The van der Waals surface area contributed by atoms with E-state index in [4.69, 9.17) is 0 Å². The van der Waals surface area contributed by atoms with Gasteiger partial charge in [0.2, 0.25) is 0 Å². The van der Waals surface area contributed by atoms with Gasteiger partial charge in [0, 0.05) is 13.1 Å². The van der Waals surface area contributed by atoms with E-state index in [2.05, 4.69) is 4.90 Å². The molecule has 4 heteroatoms. The number of rotatable bonds is 3. The van der Waals surface area contributed by atoms with Gasteiger partial charge in [0.1, 0.15) is 0 Å². The van der Waals surface area contributed by atoms with Gasteiger partial charge < -0.3 is 4.90 Å². The Labute approximate surface area is 77.4 Å². The van der Waals surface area contributed by atoms with Gasteiger partial charge >= 0.3 is 0 Å². The van der Waals surface area contributed by atoms with Gasteiger partial charge in [-0.05, 0) is 31.6 Å². The highest BCUT2D eigenvalue weighted by atomic mass is 16.6. The Morgan fingerprint density at radius 1 is 1.62 bits per heavy atom. The topological polar surface area (TPSA) is 46.4 Å². The molecule has 0 N–H and O–H groups in total. The molecule has 2 aliphatic rings. The molecular formula is C9H14N2O2. The Morgan fingerprint density at radius 3 is 3.00 bits per heavy atom. The lowest BCUT2D eigenvalue weighted by Crippen LogP contribution is -2.20. The van der Waals surface area contributed by atoms with E-state index in [1.54, 1.807) is 0 Å². The summed E-state index contributed by atoms with van der Waals surface area (Å²) in [6.45, 7) is 2.05. The zero-order valence-electron chi connectivity index (χ0n) is 7.61. The zero-order valence-corrected chi connectivity index (χ0v) is 7.61. The summed E-state index contributed by atoms with van der Waals surface area (Å²) in [4.78, 5) is 12.2. The molecule has 0 bridgehead atoms. The Balaban J connectivity index is 1.95. The minimum absolute atomic E-state index is 0.333. The van der Waals surface area contributed by atoms with Gasteiger partial charge in [0.05, 0.1) is 10.6 Å². The van der Waals surface area contributed by atoms with Crippen LogP contribution < -0.4 is 0 Å². The van der Waals surface area contributed by atoms with Crippen LogP contribution in [0, 0.1) is 16.0 Å². The molecule has 2 fully saturated rings. The number of allylic oxidation sites excluding steroid dienone is 1. The monoisotopic (exact) mass is 182 g/mol. The average molecular weight is 182 g/mol. The van der Waals surface area contributed by atoms with E-state index in [0.717, 1.165) is 37.5 Å². The molecule has 2 rings (SSSR count). The van der Waals surface area contributed by atoms with Crippen molar-refractivity contribution in [2.24, 2.45) is 5.92 Å². The number of nitrogens with zero attached hydrogens (tertiary/aromatic N) is 2. The van der Waals surface area contributed by atoms with Crippen molar-refractivity contribution in [2.45, 2.75) is 25.7 Å². The average Bonchev–Trinajstić information content (AvgIpc) is 2.75. The standard InChI is InChI=1S/C9H14N2O2/c12-11(13)7-9-2-1-5-10(9)6-8-3-4-8/h7-8H,1-6H2/b9-7-.